The van der Waals surface area contributed by atoms with Crippen LogP contribution in [0.25, 0.3) is 0 Å². The molecule has 0 aromatic heterocycles. The average Bonchev–Trinajstić information content (AvgIpc) is 2.38. The highest BCUT2D eigenvalue weighted by Gasteiger charge is 2.15. The Kier molecular flexibility index (Phi) is 3.76. The predicted molar refractivity (Wildman–Crippen MR) is 69.6 cm³/mol. The molecule has 2 aromatic carbocycles. The smallest absolute Gasteiger partial charge is 0.131 e. The van der Waals surface area contributed by atoms with Crippen molar-refractivity contribution in [3.8, 4) is 6.07 Å². The number of hydrogen-bond acceptors (Lipinski definition) is 2. The number of nitrogens with one attached hydrogen (secondary N) is 1. The lowest BCUT2D eigenvalue weighted by atomic mass is 10.1. The van der Waals surface area contributed by atoms with E-state index in [0.29, 0.717) is 11.3 Å². The molecular weight excluding hydrogens is 246 g/mol. The first-order valence-electron chi connectivity index (χ1n) is 5.82. The molecule has 0 heterocycles. The Morgan fingerprint density at radius 3 is 2.37 bits per heavy atom. The Labute approximate surface area is 110 Å². The van der Waals surface area contributed by atoms with Crippen molar-refractivity contribution in [3.63, 3.8) is 0 Å². The van der Waals surface area contributed by atoms with Crippen molar-refractivity contribution in [1.82, 2.24) is 0 Å². The van der Waals surface area contributed by atoms with Gasteiger partial charge in [0.1, 0.15) is 11.6 Å². The van der Waals surface area contributed by atoms with Gasteiger partial charge in [-0.15, -0.1) is 0 Å². The summed E-state index contributed by atoms with van der Waals surface area (Å²) in [6.07, 6.45) is 0. The van der Waals surface area contributed by atoms with Crippen LogP contribution in [0.5, 0.6) is 0 Å². The summed E-state index contributed by atoms with van der Waals surface area (Å²) < 4.78 is 27.2. The summed E-state index contributed by atoms with van der Waals surface area (Å²) in [4.78, 5) is 0. The molecule has 0 saturated carbocycles. The third-order valence-corrected chi connectivity index (χ3v) is 2.81. The van der Waals surface area contributed by atoms with Crippen molar-refractivity contribution in [3.05, 3.63) is 65.2 Å². The molecular formula is C15H12F2N2. The predicted octanol–water partition coefficient (Wildman–Crippen LogP) is 4.01. The highest BCUT2D eigenvalue weighted by atomic mass is 19.1. The molecule has 2 nitrogen and oxygen atoms in total. The van der Waals surface area contributed by atoms with Crippen molar-refractivity contribution >= 4 is 5.69 Å². The van der Waals surface area contributed by atoms with E-state index >= 15 is 0 Å². The van der Waals surface area contributed by atoms with Crippen LogP contribution in [-0.2, 0) is 0 Å². The molecule has 0 fully saturated rings. The highest BCUT2D eigenvalue weighted by Crippen LogP contribution is 2.24. The van der Waals surface area contributed by atoms with Gasteiger partial charge in [-0.1, -0.05) is 12.1 Å². The third kappa shape index (κ3) is 2.89. The molecule has 19 heavy (non-hydrogen) atoms. The van der Waals surface area contributed by atoms with Crippen molar-refractivity contribution in [2.45, 2.75) is 13.0 Å². The second-order valence-electron chi connectivity index (χ2n) is 4.19. The van der Waals surface area contributed by atoms with Gasteiger partial charge in [0.2, 0.25) is 0 Å². The van der Waals surface area contributed by atoms with E-state index in [0.717, 1.165) is 0 Å². The molecule has 0 radical (unpaired) electrons. The summed E-state index contributed by atoms with van der Waals surface area (Å²) in [6, 6.07) is 12.0. The zero-order chi connectivity index (χ0) is 13.8. The Balaban J connectivity index is 2.26. The van der Waals surface area contributed by atoms with Crippen molar-refractivity contribution in [2.75, 3.05) is 5.32 Å². The molecule has 0 aliphatic rings. The lowest BCUT2D eigenvalue weighted by Crippen LogP contribution is -2.10. The lowest BCUT2D eigenvalue weighted by molar-refractivity contribution is 0.544. The summed E-state index contributed by atoms with van der Waals surface area (Å²) >= 11 is 0. The number of rotatable bonds is 3. The summed E-state index contributed by atoms with van der Waals surface area (Å²) in [5.74, 6) is -1.17. The third-order valence-electron chi connectivity index (χ3n) is 2.81. The van der Waals surface area contributed by atoms with Gasteiger partial charge < -0.3 is 5.32 Å². The van der Waals surface area contributed by atoms with Gasteiger partial charge in [0.25, 0.3) is 0 Å². The first kappa shape index (κ1) is 13.0. The fraction of sp³-hybridized carbons (Fsp3) is 0.133. The van der Waals surface area contributed by atoms with Crippen LogP contribution < -0.4 is 5.32 Å². The van der Waals surface area contributed by atoms with Gasteiger partial charge >= 0.3 is 0 Å². The Bertz CT molecular complexity index is 612. The zero-order valence-electron chi connectivity index (χ0n) is 10.3. The Hall–Kier alpha value is -2.41. The second kappa shape index (κ2) is 5.49. The van der Waals surface area contributed by atoms with Crippen LogP contribution in [0, 0.1) is 23.0 Å². The summed E-state index contributed by atoms with van der Waals surface area (Å²) in [5, 5.41) is 11.8. The molecule has 0 spiro atoms. The number of halogens is 2. The summed E-state index contributed by atoms with van der Waals surface area (Å²) in [7, 11) is 0. The molecule has 96 valence electrons. The quantitative estimate of drug-likeness (QED) is 0.902. The topological polar surface area (TPSA) is 35.8 Å². The first-order chi connectivity index (χ1) is 9.11. The molecule has 0 amide bonds. The van der Waals surface area contributed by atoms with Crippen LogP contribution >= 0.6 is 0 Å². The maximum absolute atomic E-state index is 13.6. The standard InChI is InChI=1S/C15H12F2N2/c1-10(15-13(16)6-3-7-14(15)17)19-12-5-2-4-11(8-12)9-18/h2-8,10,19H,1H3. The SMILES string of the molecule is CC(Nc1cccc(C#N)c1)c1c(F)cccc1F. The van der Waals surface area contributed by atoms with Gasteiger partial charge in [-0.2, -0.15) is 5.26 Å². The summed E-state index contributed by atoms with van der Waals surface area (Å²) in [5.41, 5.74) is 1.13. The number of nitriles is 1. The van der Waals surface area contributed by atoms with Crippen molar-refractivity contribution in [2.24, 2.45) is 0 Å². The van der Waals surface area contributed by atoms with Crippen LogP contribution in [0.15, 0.2) is 42.5 Å². The fourth-order valence-electron chi connectivity index (χ4n) is 1.93. The Morgan fingerprint density at radius 1 is 1.11 bits per heavy atom. The first-order valence-corrected chi connectivity index (χ1v) is 5.82. The van der Waals surface area contributed by atoms with Gasteiger partial charge in [0.15, 0.2) is 0 Å². The minimum atomic E-state index is -0.587. The van der Waals surface area contributed by atoms with E-state index in [9.17, 15) is 8.78 Å². The minimum absolute atomic E-state index is 0.00939. The van der Waals surface area contributed by atoms with E-state index in [4.69, 9.17) is 5.26 Å². The molecule has 0 bridgehead atoms. The molecule has 4 heteroatoms. The maximum Gasteiger partial charge on any atom is 0.131 e. The van der Waals surface area contributed by atoms with Crippen molar-refractivity contribution in [1.29, 1.82) is 5.26 Å². The van der Waals surface area contributed by atoms with E-state index in [1.54, 1.807) is 31.2 Å². The Morgan fingerprint density at radius 2 is 1.74 bits per heavy atom. The second-order valence-corrected chi connectivity index (χ2v) is 4.19. The van der Waals surface area contributed by atoms with E-state index in [1.165, 1.54) is 18.2 Å². The zero-order valence-corrected chi connectivity index (χ0v) is 10.3. The molecule has 2 rings (SSSR count). The lowest BCUT2D eigenvalue weighted by Gasteiger charge is -2.17. The molecule has 1 atom stereocenters. The van der Waals surface area contributed by atoms with Crippen LogP contribution in [0.4, 0.5) is 14.5 Å². The molecule has 1 unspecified atom stereocenters. The molecule has 0 aliphatic carbocycles. The van der Waals surface area contributed by atoms with Gasteiger partial charge in [-0.05, 0) is 37.3 Å². The van der Waals surface area contributed by atoms with Crippen LogP contribution in [0.3, 0.4) is 0 Å². The van der Waals surface area contributed by atoms with Crippen LogP contribution in [-0.4, -0.2) is 0 Å². The largest absolute Gasteiger partial charge is 0.378 e. The van der Waals surface area contributed by atoms with Crippen molar-refractivity contribution < 1.29 is 8.78 Å². The highest BCUT2D eigenvalue weighted by molar-refractivity contribution is 5.50. The van der Waals surface area contributed by atoms with E-state index in [2.05, 4.69) is 5.32 Å². The molecule has 0 saturated heterocycles. The van der Waals surface area contributed by atoms with E-state index < -0.39 is 17.7 Å². The number of benzene rings is 2. The molecule has 2 aromatic rings. The average molecular weight is 258 g/mol. The van der Waals surface area contributed by atoms with E-state index in [-0.39, 0.29) is 5.56 Å². The van der Waals surface area contributed by atoms with Gasteiger partial charge in [-0.3, -0.25) is 0 Å². The normalized spacial score (nSPS) is 11.7. The maximum atomic E-state index is 13.6. The number of hydrogen-bond donors (Lipinski definition) is 1. The minimum Gasteiger partial charge on any atom is -0.378 e. The molecule has 1 N–H and O–H groups in total. The summed E-state index contributed by atoms with van der Waals surface area (Å²) in [6.45, 7) is 1.67. The fourth-order valence-corrected chi connectivity index (χ4v) is 1.93. The van der Waals surface area contributed by atoms with E-state index in [1.807, 2.05) is 6.07 Å². The van der Waals surface area contributed by atoms with Crippen LogP contribution in [0.2, 0.25) is 0 Å². The van der Waals surface area contributed by atoms with Gasteiger partial charge in [0, 0.05) is 11.3 Å². The van der Waals surface area contributed by atoms with Crippen LogP contribution in [0.1, 0.15) is 24.1 Å². The monoisotopic (exact) mass is 258 g/mol. The molecule has 0 aliphatic heterocycles. The number of nitrogens with zero attached hydrogens (tertiary/aromatic N) is 1. The van der Waals surface area contributed by atoms with Gasteiger partial charge in [-0.25, -0.2) is 8.78 Å². The number of anilines is 1. The van der Waals surface area contributed by atoms with Gasteiger partial charge in [0.05, 0.1) is 17.7 Å².